The van der Waals surface area contributed by atoms with Crippen molar-refractivity contribution < 1.29 is 17.9 Å². The molecule has 0 N–H and O–H groups in total. The van der Waals surface area contributed by atoms with Gasteiger partial charge in [-0.2, -0.15) is 9.57 Å². The second kappa shape index (κ2) is 9.00. The molecule has 0 heterocycles. The third-order valence-corrected chi connectivity index (χ3v) is 6.52. The zero-order chi connectivity index (χ0) is 20.0. The van der Waals surface area contributed by atoms with Crippen molar-refractivity contribution in [1.29, 1.82) is 5.26 Å². The van der Waals surface area contributed by atoms with Crippen molar-refractivity contribution in [3.63, 3.8) is 0 Å². The monoisotopic (exact) mass is 406 g/mol. The van der Waals surface area contributed by atoms with E-state index in [0.717, 1.165) is 0 Å². The van der Waals surface area contributed by atoms with E-state index < -0.39 is 16.0 Å². The highest BCUT2D eigenvalue weighted by Crippen LogP contribution is 2.26. The van der Waals surface area contributed by atoms with Gasteiger partial charge in [0.2, 0.25) is 10.0 Å². The van der Waals surface area contributed by atoms with Crippen LogP contribution >= 0.6 is 11.6 Å². The van der Waals surface area contributed by atoms with Crippen LogP contribution in [0.25, 0.3) is 0 Å². The van der Waals surface area contributed by atoms with Crippen LogP contribution in [-0.2, 0) is 21.4 Å². The van der Waals surface area contributed by atoms with Crippen LogP contribution in [0, 0.1) is 11.3 Å². The minimum atomic E-state index is -3.82. The molecule has 6 nitrogen and oxygen atoms in total. The third-order valence-electron chi connectivity index (χ3n) is 3.99. The Morgan fingerprint density at radius 1 is 1.19 bits per heavy atom. The maximum absolute atomic E-state index is 12.7. The van der Waals surface area contributed by atoms with Gasteiger partial charge < -0.3 is 4.74 Å². The van der Waals surface area contributed by atoms with Crippen molar-refractivity contribution in [2.75, 3.05) is 13.1 Å². The Labute approximate surface area is 164 Å². The lowest BCUT2D eigenvalue weighted by Crippen LogP contribution is -2.31. The van der Waals surface area contributed by atoms with Gasteiger partial charge in [0.1, 0.15) is 11.5 Å². The number of benzene rings is 2. The van der Waals surface area contributed by atoms with Gasteiger partial charge >= 0.3 is 5.97 Å². The zero-order valence-electron chi connectivity index (χ0n) is 15.0. The molecule has 0 aliphatic heterocycles. The fourth-order valence-corrected chi connectivity index (χ4v) is 4.47. The highest BCUT2D eigenvalue weighted by molar-refractivity contribution is 7.89. The predicted octanol–water partition coefficient (Wildman–Crippen LogP) is 3.60. The molecule has 8 heteroatoms. The van der Waals surface area contributed by atoms with Crippen LogP contribution in [0.5, 0.6) is 0 Å². The van der Waals surface area contributed by atoms with Gasteiger partial charge in [0.25, 0.3) is 0 Å². The van der Waals surface area contributed by atoms with E-state index in [-0.39, 0.29) is 35.2 Å². The Morgan fingerprint density at radius 2 is 1.85 bits per heavy atom. The van der Waals surface area contributed by atoms with Crippen molar-refractivity contribution in [2.24, 2.45) is 0 Å². The molecule has 2 aromatic rings. The van der Waals surface area contributed by atoms with Crippen LogP contribution in [0.3, 0.4) is 0 Å². The molecule has 0 radical (unpaired) electrons. The van der Waals surface area contributed by atoms with Crippen LogP contribution in [0.2, 0.25) is 5.02 Å². The standard InChI is InChI=1S/C19H19ClN2O4S/c1-3-22(4-2)27(24,25)18-11-14(9-10-17(18)20)19(23)26-13-16-8-6-5-7-15(16)12-21/h5-11H,3-4,13H2,1-2H3. The topological polar surface area (TPSA) is 87.5 Å². The summed E-state index contributed by atoms with van der Waals surface area (Å²) >= 11 is 6.06. The minimum absolute atomic E-state index is 0.0354. The van der Waals surface area contributed by atoms with E-state index >= 15 is 0 Å². The molecule has 0 aliphatic carbocycles. The smallest absolute Gasteiger partial charge is 0.338 e. The van der Waals surface area contributed by atoms with E-state index in [0.29, 0.717) is 11.1 Å². The Balaban J connectivity index is 2.27. The number of carbonyl (C=O) groups is 1. The van der Waals surface area contributed by atoms with E-state index in [4.69, 9.17) is 21.6 Å². The molecule has 2 aromatic carbocycles. The zero-order valence-corrected chi connectivity index (χ0v) is 16.5. The van der Waals surface area contributed by atoms with E-state index in [1.807, 2.05) is 6.07 Å². The first-order chi connectivity index (χ1) is 12.8. The molecule has 0 bridgehead atoms. The molecule has 0 unspecified atom stereocenters. The number of carbonyl (C=O) groups excluding carboxylic acids is 1. The SMILES string of the molecule is CCN(CC)S(=O)(=O)c1cc(C(=O)OCc2ccccc2C#N)ccc1Cl. The summed E-state index contributed by atoms with van der Waals surface area (Å²) in [4.78, 5) is 12.2. The van der Waals surface area contributed by atoms with Crippen LogP contribution in [0.15, 0.2) is 47.4 Å². The summed E-state index contributed by atoms with van der Waals surface area (Å²) in [6.45, 7) is 3.92. The maximum atomic E-state index is 12.7. The highest BCUT2D eigenvalue weighted by Gasteiger charge is 2.26. The van der Waals surface area contributed by atoms with Crippen LogP contribution in [0.4, 0.5) is 0 Å². The number of halogens is 1. The summed E-state index contributed by atoms with van der Waals surface area (Å²) in [5.41, 5.74) is 1.05. The van der Waals surface area contributed by atoms with E-state index in [2.05, 4.69) is 0 Å². The molecule has 0 aliphatic rings. The molecular weight excluding hydrogens is 388 g/mol. The molecule has 0 atom stereocenters. The molecule has 142 valence electrons. The molecule has 0 fully saturated rings. The number of rotatable bonds is 7. The first-order valence-corrected chi connectivity index (χ1v) is 10.1. The van der Waals surface area contributed by atoms with E-state index in [1.54, 1.807) is 38.1 Å². The van der Waals surface area contributed by atoms with Gasteiger partial charge in [-0.25, -0.2) is 13.2 Å². The number of hydrogen-bond donors (Lipinski definition) is 0. The average Bonchev–Trinajstić information content (AvgIpc) is 2.67. The largest absolute Gasteiger partial charge is 0.457 e. The molecule has 2 rings (SSSR count). The number of nitrogens with zero attached hydrogens (tertiary/aromatic N) is 2. The van der Waals surface area contributed by atoms with Gasteiger partial charge in [-0.3, -0.25) is 0 Å². The summed E-state index contributed by atoms with van der Waals surface area (Å²) in [6, 6.07) is 12.8. The van der Waals surface area contributed by atoms with Gasteiger partial charge in [0.05, 0.1) is 22.2 Å². The molecule has 0 spiro atoms. The molecule has 27 heavy (non-hydrogen) atoms. The number of ether oxygens (including phenoxy) is 1. The van der Waals surface area contributed by atoms with Gasteiger partial charge in [-0.15, -0.1) is 0 Å². The van der Waals surface area contributed by atoms with E-state index in [1.165, 1.54) is 22.5 Å². The quantitative estimate of drug-likeness (QED) is 0.655. The number of hydrogen-bond acceptors (Lipinski definition) is 5. The summed E-state index contributed by atoms with van der Waals surface area (Å²) in [5, 5.41) is 9.11. The van der Waals surface area contributed by atoms with Gasteiger partial charge in [-0.1, -0.05) is 43.6 Å². The van der Waals surface area contributed by atoms with Crippen molar-refractivity contribution in [2.45, 2.75) is 25.3 Å². The summed E-state index contributed by atoms with van der Waals surface area (Å²) in [5.74, 6) is -0.699. The number of sulfonamides is 1. The summed E-state index contributed by atoms with van der Waals surface area (Å²) in [6.07, 6.45) is 0. The Morgan fingerprint density at radius 3 is 2.48 bits per heavy atom. The summed E-state index contributed by atoms with van der Waals surface area (Å²) in [7, 11) is -3.82. The van der Waals surface area contributed by atoms with Crippen molar-refractivity contribution in [3.8, 4) is 6.07 Å². The Kier molecular flexibility index (Phi) is 6.97. The molecule has 0 saturated heterocycles. The third kappa shape index (κ3) is 4.66. The first-order valence-electron chi connectivity index (χ1n) is 8.30. The van der Waals surface area contributed by atoms with Crippen molar-refractivity contribution in [3.05, 3.63) is 64.2 Å². The first kappa shape index (κ1) is 20.9. The predicted molar refractivity (Wildman–Crippen MR) is 102 cm³/mol. The normalized spacial score (nSPS) is 11.2. The van der Waals surface area contributed by atoms with Gasteiger partial charge in [0, 0.05) is 18.7 Å². The lowest BCUT2D eigenvalue weighted by Gasteiger charge is -2.19. The Hall–Kier alpha value is -2.40. The highest BCUT2D eigenvalue weighted by atomic mass is 35.5. The van der Waals surface area contributed by atoms with Crippen LogP contribution in [-0.4, -0.2) is 31.8 Å². The van der Waals surface area contributed by atoms with Crippen LogP contribution < -0.4 is 0 Å². The van der Waals surface area contributed by atoms with E-state index in [9.17, 15) is 13.2 Å². The van der Waals surface area contributed by atoms with Gasteiger partial charge in [0.15, 0.2) is 0 Å². The lowest BCUT2D eigenvalue weighted by atomic mass is 10.1. The number of esters is 1. The minimum Gasteiger partial charge on any atom is -0.457 e. The second-order valence-corrected chi connectivity index (χ2v) is 7.89. The second-order valence-electron chi connectivity index (χ2n) is 5.58. The molecule has 0 amide bonds. The molecule has 0 aromatic heterocycles. The maximum Gasteiger partial charge on any atom is 0.338 e. The average molecular weight is 407 g/mol. The lowest BCUT2D eigenvalue weighted by molar-refractivity contribution is 0.0472. The van der Waals surface area contributed by atoms with Crippen molar-refractivity contribution >= 4 is 27.6 Å². The fourth-order valence-electron chi connectivity index (χ4n) is 2.51. The van der Waals surface area contributed by atoms with Gasteiger partial charge in [-0.05, 0) is 24.3 Å². The fraction of sp³-hybridized carbons (Fsp3) is 0.263. The number of nitriles is 1. The Bertz CT molecular complexity index is 979. The molecular formula is C19H19ClN2O4S. The summed E-state index contributed by atoms with van der Waals surface area (Å²) < 4.78 is 31.9. The van der Waals surface area contributed by atoms with Crippen LogP contribution in [0.1, 0.15) is 35.3 Å². The van der Waals surface area contributed by atoms with Crippen molar-refractivity contribution in [1.82, 2.24) is 4.31 Å². The molecule has 0 saturated carbocycles.